The van der Waals surface area contributed by atoms with E-state index in [0.29, 0.717) is 56.6 Å². The Balaban J connectivity index is 1.37. The Morgan fingerprint density at radius 2 is 1.70 bits per heavy atom. The van der Waals surface area contributed by atoms with Gasteiger partial charge in [-0.05, 0) is 85.5 Å². The van der Waals surface area contributed by atoms with E-state index in [1.165, 1.54) is 12.1 Å². The van der Waals surface area contributed by atoms with E-state index in [2.05, 4.69) is 11.0 Å². The maximum atomic E-state index is 13.6. The summed E-state index contributed by atoms with van der Waals surface area (Å²) < 4.78 is 13.6. The van der Waals surface area contributed by atoms with Gasteiger partial charge in [0.15, 0.2) is 0 Å². The molecule has 0 radical (unpaired) electrons. The summed E-state index contributed by atoms with van der Waals surface area (Å²) in [7, 11) is 0. The highest BCUT2D eigenvalue weighted by Gasteiger charge is 2.24. The Morgan fingerprint density at radius 3 is 2.42 bits per heavy atom. The summed E-state index contributed by atoms with van der Waals surface area (Å²) >= 11 is 0. The van der Waals surface area contributed by atoms with Gasteiger partial charge in [0.1, 0.15) is 11.9 Å². The van der Waals surface area contributed by atoms with Gasteiger partial charge in [-0.1, -0.05) is 12.1 Å². The fourth-order valence-electron chi connectivity index (χ4n) is 5.17. The highest BCUT2D eigenvalue weighted by atomic mass is 19.1. The van der Waals surface area contributed by atoms with Gasteiger partial charge in [-0.15, -0.1) is 0 Å². The first-order chi connectivity index (χ1) is 19.4. The van der Waals surface area contributed by atoms with Crippen molar-refractivity contribution in [2.24, 2.45) is 0 Å². The third-order valence-corrected chi connectivity index (χ3v) is 7.28. The zero-order valence-electron chi connectivity index (χ0n) is 22.0. The zero-order valence-corrected chi connectivity index (χ0v) is 22.0. The molecule has 8 heteroatoms. The summed E-state index contributed by atoms with van der Waals surface area (Å²) in [6, 6.07) is 23.4. The summed E-state index contributed by atoms with van der Waals surface area (Å²) in [5.41, 5.74) is 5.27. The van der Waals surface area contributed by atoms with Gasteiger partial charge in [-0.2, -0.15) is 5.26 Å². The van der Waals surface area contributed by atoms with E-state index in [-0.39, 0.29) is 18.1 Å². The minimum absolute atomic E-state index is 0.0549. The Morgan fingerprint density at radius 1 is 0.950 bits per heavy atom. The van der Waals surface area contributed by atoms with Crippen molar-refractivity contribution >= 4 is 28.5 Å². The number of carbonyl (C=O) groups excluding carboxylic acids is 1. The van der Waals surface area contributed by atoms with Crippen LogP contribution in [-0.4, -0.2) is 53.0 Å². The molecule has 3 aromatic carbocycles. The normalized spacial score (nSPS) is 13.3. The van der Waals surface area contributed by atoms with E-state index < -0.39 is 5.97 Å². The molecule has 0 spiro atoms. The number of amides is 1. The van der Waals surface area contributed by atoms with Crippen molar-refractivity contribution < 1.29 is 19.1 Å². The largest absolute Gasteiger partial charge is 0.481 e. The van der Waals surface area contributed by atoms with Gasteiger partial charge in [0, 0.05) is 49.1 Å². The maximum Gasteiger partial charge on any atom is 0.303 e. The fraction of sp³-hybridized carbons (Fsp3) is 0.250. The monoisotopic (exact) mass is 536 g/mol. The number of para-hydroxylation sites is 1. The number of halogens is 1. The molecule has 1 aliphatic rings. The molecule has 1 saturated heterocycles. The molecule has 1 aliphatic heterocycles. The molecule has 5 rings (SSSR count). The van der Waals surface area contributed by atoms with Gasteiger partial charge in [0.25, 0.3) is 5.91 Å². The Labute approximate surface area is 232 Å². The molecule has 0 saturated carbocycles. The van der Waals surface area contributed by atoms with E-state index in [1.54, 1.807) is 24.3 Å². The molecule has 1 N–H and O–H groups in total. The van der Waals surface area contributed by atoms with Gasteiger partial charge >= 0.3 is 5.97 Å². The third-order valence-electron chi connectivity index (χ3n) is 7.28. The molecule has 7 nitrogen and oxygen atoms in total. The summed E-state index contributed by atoms with van der Waals surface area (Å²) in [4.78, 5) is 33.2. The first-order valence-corrected chi connectivity index (χ1v) is 13.4. The second-order valence-corrected chi connectivity index (χ2v) is 9.92. The fourth-order valence-corrected chi connectivity index (χ4v) is 5.17. The van der Waals surface area contributed by atoms with Crippen molar-refractivity contribution in [2.45, 2.75) is 25.7 Å². The first-order valence-electron chi connectivity index (χ1n) is 13.4. The number of benzene rings is 3. The van der Waals surface area contributed by atoms with Gasteiger partial charge in [0.05, 0.1) is 22.5 Å². The van der Waals surface area contributed by atoms with Crippen molar-refractivity contribution in [2.75, 3.05) is 31.1 Å². The number of aromatic nitrogens is 1. The topological polar surface area (TPSA) is 97.5 Å². The van der Waals surface area contributed by atoms with Crippen molar-refractivity contribution in [1.29, 1.82) is 5.26 Å². The van der Waals surface area contributed by atoms with Crippen LogP contribution in [0.25, 0.3) is 22.2 Å². The lowest BCUT2D eigenvalue weighted by Crippen LogP contribution is -2.49. The quantitative estimate of drug-likeness (QED) is 0.291. The van der Waals surface area contributed by atoms with Crippen LogP contribution in [0.3, 0.4) is 0 Å². The summed E-state index contributed by atoms with van der Waals surface area (Å²) in [5.74, 6) is -1.21. The van der Waals surface area contributed by atoms with Crippen molar-refractivity contribution in [1.82, 2.24) is 9.88 Å². The molecular weight excluding hydrogens is 507 g/mol. The van der Waals surface area contributed by atoms with E-state index in [1.807, 2.05) is 41.3 Å². The van der Waals surface area contributed by atoms with Gasteiger partial charge in [0.2, 0.25) is 0 Å². The molecule has 2 heterocycles. The Kier molecular flexibility index (Phi) is 8.02. The second kappa shape index (κ2) is 12.0. The number of hydrogen-bond acceptors (Lipinski definition) is 5. The second-order valence-electron chi connectivity index (χ2n) is 9.92. The van der Waals surface area contributed by atoms with Crippen molar-refractivity contribution in [3.8, 4) is 17.3 Å². The van der Waals surface area contributed by atoms with Crippen LogP contribution >= 0.6 is 0 Å². The van der Waals surface area contributed by atoms with Gasteiger partial charge in [-0.25, -0.2) is 9.37 Å². The number of anilines is 1. The number of hydrogen-bond donors (Lipinski definition) is 1. The molecule has 202 valence electrons. The lowest BCUT2D eigenvalue weighted by atomic mass is 9.98. The minimum atomic E-state index is -0.825. The molecular formula is C32H29FN4O3. The molecule has 0 unspecified atom stereocenters. The van der Waals surface area contributed by atoms with Crippen molar-refractivity contribution in [3.63, 3.8) is 0 Å². The number of piperazine rings is 1. The molecule has 0 aliphatic carbocycles. The van der Waals surface area contributed by atoms with Crippen LogP contribution in [0, 0.1) is 17.1 Å². The lowest BCUT2D eigenvalue weighted by molar-refractivity contribution is -0.137. The highest BCUT2D eigenvalue weighted by Crippen LogP contribution is 2.29. The van der Waals surface area contributed by atoms with Crippen LogP contribution in [0.4, 0.5) is 10.1 Å². The Hall–Kier alpha value is -4.77. The highest BCUT2D eigenvalue weighted by molar-refractivity contribution is 5.98. The third kappa shape index (κ3) is 5.94. The molecule has 4 aromatic rings. The van der Waals surface area contributed by atoms with Crippen LogP contribution in [0.5, 0.6) is 0 Å². The van der Waals surface area contributed by atoms with Gasteiger partial charge < -0.3 is 14.9 Å². The smallest absolute Gasteiger partial charge is 0.303 e. The standard InChI is InChI=1S/C32H29FN4O3/c33-27-12-9-22(10-13-27)31-23(5-2-4-8-30(38)39)19-26-20-24(11-14-28(26)35-31)32(40)37-17-15-36(16-18-37)29-7-3-1-6-25(29)21-34/h1,3,6-7,9-14,19-20H,2,4-5,8,15-18H2,(H,38,39). The summed E-state index contributed by atoms with van der Waals surface area (Å²) in [5, 5.41) is 19.3. The van der Waals surface area contributed by atoms with Crippen LogP contribution in [0.1, 0.15) is 40.7 Å². The van der Waals surface area contributed by atoms with E-state index in [0.717, 1.165) is 33.4 Å². The van der Waals surface area contributed by atoms with Gasteiger partial charge in [-0.3, -0.25) is 9.59 Å². The number of aryl methyl sites for hydroxylation is 1. The first kappa shape index (κ1) is 26.8. The predicted octanol–water partition coefficient (Wildman–Crippen LogP) is 5.67. The zero-order chi connectivity index (χ0) is 28.1. The minimum Gasteiger partial charge on any atom is -0.481 e. The molecule has 40 heavy (non-hydrogen) atoms. The van der Waals surface area contributed by atoms with Crippen LogP contribution in [-0.2, 0) is 11.2 Å². The molecule has 0 atom stereocenters. The van der Waals surface area contributed by atoms with E-state index in [4.69, 9.17) is 10.1 Å². The van der Waals surface area contributed by atoms with Crippen molar-refractivity contribution in [3.05, 3.63) is 95.3 Å². The molecule has 0 bridgehead atoms. The maximum absolute atomic E-state index is 13.6. The Bertz CT molecular complexity index is 1590. The number of aliphatic carboxylic acids is 1. The average molecular weight is 537 g/mol. The number of pyridine rings is 1. The lowest BCUT2D eigenvalue weighted by Gasteiger charge is -2.36. The summed E-state index contributed by atoms with van der Waals surface area (Å²) in [6.45, 7) is 2.38. The average Bonchev–Trinajstić information content (AvgIpc) is 2.98. The summed E-state index contributed by atoms with van der Waals surface area (Å²) in [6.07, 6.45) is 1.93. The number of nitriles is 1. The van der Waals surface area contributed by atoms with Crippen LogP contribution in [0.15, 0.2) is 72.8 Å². The van der Waals surface area contributed by atoms with Crippen LogP contribution in [0.2, 0.25) is 0 Å². The molecule has 1 aromatic heterocycles. The SMILES string of the molecule is N#Cc1ccccc1N1CCN(C(=O)c2ccc3nc(-c4ccc(F)cc4)c(CCCCC(=O)O)cc3c2)CC1. The molecule has 1 fully saturated rings. The number of unbranched alkanes of at least 4 members (excludes halogenated alkanes) is 1. The predicted molar refractivity (Wildman–Crippen MR) is 152 cm³/mol. The number of carboxylic acids is 1. The number of carbonyl (C=O) groups is 2. The van der Waals surface area contributed by atoms with E-state index in [9.17, 15) is 19.2 Å². The number of carboxylic acid groups (broad SMARTS) is 1. The number of rotatable bonds is 8. The molecule has 1 amide bonds. The number of fused-ring (bicyclic) bond motifs is 1. The number of nitrogens with zero attached hydrogens (tertiary/aromatic N) is 4. The van der Waals surface area contributed by atoms with E-state index >= 15 is 0 Å². The van der Waals surface area contributed by atoms with Crippen LogP contribution < -0.4 is 4.90 Å².